The maximum atomic E-state index is 11.9. The number of nitro benzene ring substituents is 1. The van der Waals surface area contributed by atoms with Crippen molar-refractivity contribution in [3.05, 3.63) is 56.0 Å². The standard InChI is InChI=1S/C18H18BrN3O6/c1-3-27-16-8-12(7-13(19)18(16)24)9-20-21-17(23)10-28-15-5-4-11(2)6-14(15)22(25)26/h4-9,24H,3,10H2,1-2H3,(H,21,23). The van der Waals surface area contributed by atoms with E-state index >= 15 is 0 Å². The fourth-order valence-electron chi connectivity index (χ4n) is 2.18. The van der Waals surface area contributed by atoms with E-state index in [0.29, 0.717) is 22.2 Å². The van der Waals surface area contributed by atoms with Crippen molar-refractivity contribution in [1.82, 2.24) is 5.43 Å². The molecule has 0 aromatic heterocycles. The molecule has 0 aliphatic carbocycles. The molecule has 0 heterocycles. The minimum Gasteiger partial charge on any atom is -0.503 e. The van der Waals surface area contributed by atoms with Crippen LogP contribution >= 0.6 is 15.9 Å². The van der Waals surface area contributed by atoms with Gasteiger partial charge in [-0.3, -0.25) is 14.9 Å². The van der Waals surface area contributed by atoms with Crippen molar-refractivity contribution in [3.8, 4) is 17.2 Å². The van der Waals surface area contributed by atoms with Crippen molar-refractivity contribution < 1.29 is 24.3 Å². The van der Waals surface area contributed by atoms with Gasteiger partial charge in [-0.15, -0.1) is 0 Å². The molecule has 2 aromatic rings. The Labute approximate surface area is 169 Å². The van der Waals surface area contributed by atoms with Gasteiger partial charge in [0.15, 0.2) is 23.9 Å². The molecule has 28 heavy (non-hydrogen) atoms. The highest BCUT2D eigenvalue weighted by atomic mass is 79.9. The number of nitro groups is 1. The van der Waals surface area contributed by atoms with E-state index in [9.17, 15) is 20.0 Å². The SMILES string of the molecule is CCOc1cc(C=NNC(=O)COc2ccc(C)cc2[N+](=O)[O-])cc(Br)c1O. The van der Waals surface area contributed by atoms with E-state index in [1.165, 1.54) is 18.3 Å². The molecule has 2 N–H and O–H groups in total. The van der Waals surface area contributed by atoms with Crippen LogP contribution in [0.15, 0.2) is 39.9 Å². The Balaban J connectivity index is 1.97. The highest BCUT2D eigenvalue weighted by Gasteiger charge is 2.16. The maximum absolute atomic E-state index is 11.9. The Hall–Kier alpha value is -3.14. The molecule has 0 unspecified atom stereocenters. The number of hydrazone groups is 1. The molecule has 0 radical (unpaired) electrons. The van der Waals surface area contributed by atoms with Gasteiger partial charge in [0.05, 0.1) is 22.2 Å². The number of aryl methyl sites for hydroxylation is 1. The van der Waals surface area contributed by atoms with Crippen molar-refractivity contribution in [2.24, 2.45) is 5.10 Å². The Bertz CT molecular complexity index is 916. The number of carbonyl (C=O) groups excluding carboxylic acids is 1. The van der Waals surface area contributed by atoms with Crippen LogP contribution in [-0.2, 0) is 4.79 Å². The van der Waals surface area contributed by atoms with Crippen LogP contribution in [0.2, 0.25) is 0 Å². The lowest BCUT2D eigenvalue weighted by atomic mass is 10.2. The minimum absolute atomic E-state index is 0.00134. The van der Waals surface area contributed by atoms with E-state index in [0.717, 1.165) is 0 Å². The number of benzene rings is 2. The average molecular weight is 452 g/mol. The van der Waals surface area contributed by atoms with Crippen LogP contribution in [0.25, 0.3) is 0 Å². The van der Waals surface area contributed by atoms with Gasteiger partial charge in [-0.25, -0.2) is 5.43 Å². The zero-order chi connectivity index (χ0) is 20.7. The molecule has 9 nitrogen and oxygen atoms in total. The fraction of sp³-hybridized carbons (Fsp3) is 0.222. The second-order valence-corrected chi connectivity index (χ2v) is 6.45. The first kappa shape index (κ1) is 21.2. The average Bonchev–Trinajstić information content (AvgIpc) is 2.64. The quantitative estimate of drug-likeness (QED) is 0.360. The molecule has 10 heteroatoms. The van der Waals surface area contributed by atoms with Gasteiger partial charge < -0.3 is 14.6 Å². The summed E-state index contributed by atoms with van der Waals surface area (Å²) >= 11 is 3.21. The Kier molecular flexibility index (Phi) is 7.33. The summed E-state index contributed by atoms with van der Waals surface area (Å²) in [6, 6.07) is 7.61. The first-order valence-electron chi connectivity index (χ1n) is 8.16. The molecule has 0 fully saturated rings. The van der Waals surface area contributed by atoms with Crippen LogP contribution in [0.3, 0.4) is 0 Å². The zero-order valence-corrected chi connectivity index (χ0v) is 16.7. The minimum atomic E-state index is -0.589. The lowest BCUT2D eigenvalue weighted by Gasteiger charge is -2.08. The van der Waals surface area contributed by atoms with Gasteiger partial charge in [-0.1, -0.05) is 6.07 Å². The number of phenols is 1. The van der Waals surface area contributed by atoms with Crippen molar-refractivity contribution in [1.29, 1.82) is 0 Å². The fourth-order valence-corrected chi connectivity index (χ4v) is 2.64. The number of halogens is 1. The molecule has 0 bridgehead atoms. The molecule has 0 atom stereocenters. The summed E-state index contributed by atoms with van der Waals surface area (Å²) in [5.74, 6) is -0.344. The number of phenolic OH excluding ortho intramolecular Hbond substituents is 1. The third-order valence-corrected chi connectivity index (χ3v) is 4.03. The first-order valence-corrected chi connectivity index (χ1v) is 8.96. The maximum Gasteiger partial charge on any atom is 0.311 e. The number of nitrogens with zero attached hydrogens (tertiary/aromatic N) is 2. The summed E-state index contributed by atoms with van der Waals surface area (Å²) in [6.07, 6.45) is 1.36. The summed E-state index contributed by atoms with van der Waals surface area (Å²) in [7, 11) is 0. The summed E-state index contributed by atoms with van der Waals surface area (Å²) in [6.45, 7) is 3.44. The Morgan fingerprint density at radius 2 is 2.07 bits per heavy atom. The van der Waals surface area contributed by atoms with Gasteiger partial charge in [0.1, 0.15) is 0 Å². The van der Waals surface area contributed by atoms with Crippen molar-refractivity contribution in [3.63, 3.8) is 0 Å². The molecule has 0 aliphatic heterocycles. The molecule has 2 aromatic carbocycles. The number of carbonyl (C=O) groups is 1. The second kappa shape index (κ2) is 9.70. The largest absolute Gasteiger partial charge is 0.503 e. The summed E-state index contributed by atoms with van der Waals surface area (Å²) in [5.41, 5.74) is 3.33. The lowest BCUT2D eigenvalue weighted by molar-refractivity contribution is -0.385. The Morgan fingerprint density at radius 3 is 2.75 bits per heavy atom. The summed E-state index contributed by atoms with van der Waals surface area (Å²) in [5, 5.41) is 24.7. The molecule has 0 spiro atoms. The van der Waals surface area contributed by atoms with E-state index in [4.69, 9.17) is 9.47 Å². The molecule has 0 saturated heterocycles. The van der Waals surface area contributed by atoms with Crippen LogP contribution in [0.1, 0.15) is 18.1 Å². The highest BCUT2D eigenvalue weighted by Crippen LogP contribution is 2.35. The van der Waals surface area contributed by atoms with Gasteiger partial charge in [0, 0.05) is 6.07 Å². The van der Waals surface area contributed by atoms with Crippen LogP contribution < -0.4 is 14.9 Å². The van der Waals surface area contributed by atoms with E-state index in [2.05, 4.69) is 26.5 Å². The number of aromatic hydroxyl groups is 1. The topological polar surface area (TPSA) is 123 Å². The monoisotopic (exact) mass is 451 g/mol. The van der Waals surface area contributed by atoms with Crippen LogP contribution in [0.4, 0.5) is 5.69 Å². The molecule has 0 aliphatic rings. The third kappa shape index (κ3) is 5.68. The van der Waals surface area contributed by atoms with Gasteiger partial charge in [0.2, 0.25) is 0 Å². The lowest BCUT2D eigenvalue weighted by Crippen LogP contribution is -2.24. The molecule has 2 rings (SSSR count). The smallest absolute Gasteiger partial charge is 0.311 e. The van der Waals surface area contributed by atoms with E-state index in [1.807, 2.05) is 0 Å². The van der Waals surface area contributed by atoms with E-state index < -0.39 is 17.4 Å². The van der Waals surface area contributed by atoms with E-state index in [1.54, 1.807) is 32.0 Å². The summed E-state index contributed by atoms with van der Waals surface area (Å²) in [4.78, 5) is 22.3. The van der Waals surface area contributed by atoms with Crippen molar-refractivity contribution >= 4 is 33.7 Å². The van der Waals surface area contributed by atoms with E-state index in [-0.39, 0.29) is 22.9 Å². The molecular weight excluding hydrogens is 434 g/mol. The number of nitrogens with one attached hydrogen (secondary N) is 1. The van der Waals surface area contributed by atoms with Gasteiger partial charge >= 0.3 is 5.69 Å². The van der Waals surface area contributed by atoms with Gasteiger partial charge in [0.25, 0.3) is 5.91 Å². The van der Waals surface area contributed by atoms with Gasteiger partial charge in [-0.2, -0.15) is 5.10 Å². The molecule has 1 amide bonds. The second-order valence-electron chi connectivity index (χ2n) is 5.59. The first-order chi connectivity index (χ1) is 13.3. The number of hydrogen-bond donors (Lipinski definition) is 2. The predicted octanol–water partition coefficient (Wildman–Crippen LogP) is 3.30. The highest BCUT2D eigenvalue weighted by molar-refractivity contribution is 9.10. The number of rotatable bonds is 8. The van der Waals surface area contributed by atoms with Crippen molar-refractivity contribution in [2.75, 3.05) is 13.2 Å². The predicted molar refractivity (Wildman–Crippen MR) is 106 cm³/mol. The van der Waals surface area contributed by atoms with Gasteiger partial charge in [-0.05, 0) is 59.1 Å². The van der Waals surface area contributed by atoms with Crippen LogP contribution in [0, 0.1) is 17.0 Å². The molecular formula is C18H18BrN3O6. The van der Waals surface area contributed by atoms with Crippen LogP contribution in [-0.4, -0.2) is 35.4 Å². The number of amides is 1. The number of ether oxygens (including phenoxy) is 2. The summed E-state index contributed by atoms with van der Waals surface area (Å²) < 4.78 is 10.9. The zero-order valence-electron chi connectivity index (χ0n) is 15.1. The van der Waals surface area contributed by atoms with Crippen molar-refractivity contribution in [2.45, 2.75) is 13.8 Å². The molecule has 148 valence electrons. The normalized spacial score (nSPS) is 10.7. The number of hydrogen-bond acceptors (Lipinski definition) is 7. The third-order valence-electron chi connectivity index (χ3n) is 3.42. The molecule has 0 saturated carbocycles. The van der Waals surface area contributed by atoms with Crippen LogP contribution in [0.5, 0.6) is 17.2 Å². The Morgan fingerprint density at radius 1 is 1.32 bits per heavy atom.